The molecule has 1 N–H and O–H groups in total. The molecule has 1 heterocycles. The Hall–Kier alpha value is -2.06. The summed E-state index contributed by atoms with van der Waals surface area (Å²) in [5.41, 5.74) is 0.740. The number of thiocarbonyl (C=S) groups is 1. The monoisotopic (exact) mass is 367 g/mol. The Labute approximate surface area is 149 Å². The summed E-state index contributed by atoms with van der Waals surface area (Å²) in [5, 5.41) is 8.69. The van der Waals surface area contributed by atoms with Gasteiger partial charge in [0, 0.05) is 24.6 Å². The van der Waals surface area contributed by atoms with Crippen molar-refractivity contribution in [3.05, 3.63) is 28.7 Å². The quantitative estimate of drug-likeness (QED) is 0.586. The third kappa shape index (κ3) is 4.27. The summed E-state index contributed by atoms with van der Waals surface area (Å²) < 4.78 is 10.9. The van der Waals surface area contributed by atoms with Gasteiger partial charge in [-0.1, -0.05) is 24.0 Å². The number of carbonyl (C=O) groups excluding carboxylic acids is 1. The number of carbonyl (C=O) groups is 2. The molecular weight excluding hydrogens is 350 g/mol. The second-order valence-corrected chi connectivity index (χ2v) is 6.61. The van der Waals surface area contributed by atoms with Crippen LogP contribution < -0.4 is 9.47 Å². The number of ether oxygens (including phenoxy) is 2. The van der Waals surface area contributed by atoms with Crippen LogP contribution in [-0.2, 0) is 9.59 Å². The highest BCUT2D eigenvalue weighted by atomic mass is 32.2. The minimum atomic E-state index is -0.890. The Morgan fingerprint density at radius 2 is 2.12 bits per heavy atom. The van der Waals surface area contributed by atoms with E-state index in [4.69, 9.17) is 26.8 Å². The van der Waals surface area contributed by atoms with Crippen LogP contribution in [0.2, 0.25) is 0 Å². The molecule has 0 aliphatic carbocycles. The maximum Gasteiger partial charge on any atom is 0.303 e. The number of rotatable bonds is 7. The van der Waals surface area contributed by atoms with Crippen LogP contribution in [0.3, 0.4) is 0 Å². The fraction of sp³-hybridized carbons (Fsp3) is 0.312. The van der Waals surface area contributed by atoms with Crippen LogP contribution in [0, 0.1) is 0 Å². The largest absolute Gasteiger partial charge is 0.497 e. The minimum absolute atomic E-state index is 0.00239. The van der Waals surface area contributed by atoms with E-state index in [1.807, 2.05) is 0 Å². The lowest BCUT2D eigenvalue weighted by Crippen LogP contribution is -2.29. The van der Waals surface area contributed by atoms with Crippen LogP contribution in [0.25, 0.3) is 6.08 Å². The molecule has 0 atom stereocenters. The minimum Gasteiger partial charge on any atom is -0.497 e. The lowest BCUT2D eigenvalue weighted by molar-refractivity contribution is -0.137. The molecule has 1 fully saturated rings. The van der Waals surface area contributed by atoms with E-state index in [1.165, 1.54) is 16.7 Å². The first-order valence-corrected chi connectivity index (χ1v) is 8.38. The number of methoxy groups -OCH3 is 2. The smallest absolute Gasteiger partial charge is 0.303 e. The first-order chi connectivity index (χ1) is 11.5. The number of nitrogens with zero attached hydrogens (tertiary/aromatic N) is 1. The van der Waals surface area contributed by atoms with Crippen LogP contribution in [-0.4, -0.2) is 47.0 Å². The Bertz CT molecular complexity index is 702. The SMILES string of the molecule is COc1ccc(/C=C2/SC(=S)N(CCCC(=O)O)C2=O)c(OC)c1. The van der Waals surface area contributed by atoms with Gasteiger partial charge in [-0.15, -0.1) is 0 Å². The highest BCUT2D eigenvalue weighted by Crippen LogP contribution is 2.35. The van der Waals surface area contributed by atoms with Crippen LogP contribution in [0.1, 0.15) is 18.4 Å². The molecule has 1 aliphatic heterocycles. The van der Waals surface area contributed by atoms with E-state index in [2.05, 4.69) is 0 Å². The fourth-order valence-corrected chi connectivity index (χ4v) is 3.46. The normalized spacial score (nSPS) is 15.9. The van der Waals surface area contributed by atoms with Gasteiger partial charge in [-0.25, -0.2) is 0 Å². The third-order valence-corrected chi connectivity index (χ3v) is 4.75. The van der Waals surface area contributed by atoms with Gasteiger partial charge in [0.15, 0.2) is 0 Å². The van der Waals surface area contributed by atoms with Crippen LogP contribution in [0.15, 0.2) is 23.1 Å². The van der Waals surface area contributed by atoms with Crippen molar-refractivity contribution in [2.24, 2.45) is 0 Å². The Kier molecular flexibility index (Phi) is 6.22. The van der Waals surface area contributed by atoms with Gasteiger partial charge >= 0.3 is 5.97 Å². The van der Waals surface area contributed by atoms with E-state index in [1.54, 1.807) is 38.5 Å². The van der Waals surface area contributed by atoms with Gasteiger partial charge in [0.25, 0.3) is 5.91 Å². The molecule has 0 unspecified atom stereocenters. The number of benzene rings is 1. The summed E-state index contributed by atoms with van der Waals surface area (Å²) in [4.78, 5) is 25.0. The molecule has 2 rings (SSSR count). The van der Waals surface area contributed by atoms with Crippen molar-refractivity contribution >= 4 is 46.3 Å². The second-order valence-electron chi connectivity index (χ2n) is 4.94. The first-order valence-electron chi connectivity index (χ1n) is 7.15. The van der Waals surface area contributed by atoms with Crippen molar-refractivity contribution in [3.8, 4) is 11.5 Å². The summed E-state index contributed by atoms with van der Waals surface area (Å²) in [6.45, 7) is 0.300. The van der Waals surface area contributed by atoms with Crippen LogP contribution in [0.4, 0.5) is 0 Å². The Morgan fingerprint density at radius 1 is 1.38 bits per heavy atom. The number of aliphatic carboxylic acids is 1. The second kappa shape index (κ2) is 8.16. The first kappa shape index (κ1) is 18.3. The lowest BCUT2D eigenvalue weighted by Gasteiger charge is -2.13. The van der Waals surface area contributed by atoms with Gasteiger partial charge in [0.2, 0.25) is 0 Å². The summed E-state index contributed by atoms with van der Waals surface area (Å²) >= 11 is 6.42. The van der Waals surface area contributed by atoms with Crippen molar-refractivity contribution in [1.82, 2.24) is 4.90 Å². The molecule has 1 aromatic carbocycles. The fourth-order valence-electron chi connectivity index (χ4n) is 2.16. The molecule has 8 heteroatoms. The number of amides is 1. The van der Waals surface area contributed by atoms with Crippen LogP contribution >= 0.6 is 24.0 Å². The molecule has 1 aromatic rings. The van der Waals surface area contributed by atoms with Gasteiger partial charge in [-0.05, 0) is 24.6 Å². The molecule has 1 amide bonds. The maximum absolute atomic E-state index is 12.5. The topological polar surface area (TPSA) is 76.1 Å². The van der Waals surface area contributed by atoms with E-state index in [0.717, 1.165) is 5.56 Å². The van der Waals surface area contributed by atoms with Crippen molar-refractivity contribution < 1.29 is 24.2 Å². The molecule has 24 heavy (non-hydrogen) atoms. The molecule has 0 saturated carbocycles. The zero-order chi connectivity index (χ0) is 17.7. The van der Waals surface area contributed by atoms with Crippen molar-refractivity contribution in [2.75, 3.05) is 20.8 Å². The number of hydrogen-bond acceptors (Lipinski definition) is 6. The molecule has 128 valence electrons. The number of carboxylic acids is 1. The predicted octanol–water partition coefficient (Wildman–Crippen LogP) is 2.77. The summed E-state index contributed by atoms with van der Waals surface area (Å²) in [7, 11) is 3.11. The standard InChI is InChI=1S/C16H17NO5S2/c1-21-11-6-5-10(12(9-11)22-2)8-13-15(20)17(16(23)24-13)7-3-4-14(18)19/h5-6,8-9H,3-4,7H2,1-2H3,(H,18,19)/b13-8+. The molecule has 1 saturated heterocycles. The third-order valence-electron chi connectivity index (χ3n) is 3.37. The molecule has 6 nitrogen and oxygen atoms in total. The van der Waals surface area contributed by atoms with Crippen molar-refractivity contribution in [2.45, 2.75) is 12.8 Å². The summed E-state index contributed by atoms with van der Waals surface area (Å²) in [5.74, 6) is 0.142. The molecule has 0 aromatic heterocycles. The number of thioether (sulfide) groups is 1. The average Bonchev–Trinajstić information content (AvgIpc) is 2.82. The predicted molar refractivity (Wildman–Crippen MR) is 96.3 cm³/mol. The van der Waals surface area contributed by atoms with E-state index in [0.29, 0.717) is 33.7 Å². The van der Waals surface area contributed by atoms with E-state index >= 15 is 0 Å². The Balaban J connectivity index is 2.18. The van der Waals surface area contributed by atoms with E-state index in [9.17, 15) is 9.59 Å². The zero-order valence-electron chi connectivity index (χ0n) is 13.3. The summed E-state index contributed by atoms with van der Waals surface area (Å²) in [6, 6.07) is 5.32. The maximum atomic E-state index is 12.5. The molecule has 1 aliphatic rings. The van der Waals surface area contributed by atoms with Gasteiger partial charge in [0.1, 0.15) is 15.8 Å². The molecule has 0 spiro atoms. The highest BCUT2D eigenvalue weighted by Gasteiger charge is 2.31. The number of hydrogen-bond donors (Lipinski definition) is 1. The lowest BCUT2D eigenvalue weighted by atomic mass is 10.1. The van der Waals surface area contributed by atoms with Gasteiger partial charge < -0.3 is 14.6 Å². The van der Waals surface area contributed by atoms with Gasteiger partial charge in [-0.2, -0.15) is 0 Å². The average molecular weight is 367 g/mol. The van der Waals surface area contributed by atoms with Crippen molar-refractivity contribution in [3.63, 3.8) is 0 Å². The molecule has 0 radical (unpaired) electrons. The molecular formula is C16H17NO5S2. The highest BCUT2D eigenvalue weighted by molar-refractivity contribution is 8.26. The number of carboxylic acid groups (broad SMARTS) is 1. The summed E-state index contributed by atoms with van der Waals surface area (Å²) in [6.07, 6.45) is 2.08. The van der Waals surface area contributed by atoms with Gasteiger partial charge in [-0.3, -0.25) is 14.5 Å². The zero-order valence-corrected chi connectivity index (χ0v) is 14.9. The Morgan fingerprint density at radius 3 is 2.75 bits per heavy atom. The van der Waals surface area contributed by atoms with Gasteiger partial charge in [0.05, 0.1) is 19.1 Å². The van der Waals surface area contributed by atoms with Crippen LogP contribution in [0.5, 0.6) is 11.5 Å². The van der Waals surface area contributed by atoms with E-state index in [-0.39, 0.29) is 12.3 Å². The van der Waals surface area contributed by atoms with Crippen molar-refractivity contribution in [1.29, 1.82) is 0 Å². The molecule has 0 bridgehead atoms. The van der Waals surface area contributed by atoms with E-state index < -0.39 is 5.97 Å².